The summed E-state index contributed by atoms with van der Waals surface area (Å²) in [4.78, 5) is 24.2. The zero-order valence-corrected chi connectivity index (χ0v) is 20.9. The number of halogens is 1. The van der Waals surface area contributed by atoms with Crippen molar-refractivity contribution >= 4 is 30.1 Å². The van der Waals surface area contributed by atoms with Crippen LogP contribution < -0.4 is 11.1 Å². The van der Waals surface area contributed by atoms with E-state index in [0.717, 1.165) is 38.4 Å². The van der Waals surface area contributed by atoms with E-state index in [2.05, 4.69) is 25.3 Å². The van der Waals surface area contributed by atoms with Gasteiger partial charge in [0.25, 0.3) is 5.95 Å². The number of carbonyl (C=O) groups excluding carboxylic acids is 1. The second-order valence-corrected chi connectivity index (χ2v) is 8.31. The Kier molecular flexibility index (Phi) is 9.36. The molecule has 1 saturated heterocycles. The summed E-state index contributed by atoms with van der Waals surface area (Å²) in [5.41, 5.74) is 8.33. The molecule has 3 aromatic rings. The van der Waals surface area contributed by atoms with Crippen LogP contribution in [0.4, 0.5) is 5.95 Å². The van der Waals surface area contributed by atoms with Gasteiger partial charge in [0, 0.05) is 50.3 Å². The standard InChI is InChI=1S/C25H31N7O2.ClH/c1-18(20-9-6-10-21(17-20)22(33)19-7-4-3-5-8-19)23-28-25(31(2)30-23)29-24(26)27-11-12-32-13-15-34-16-14-32;/h3-10,17-18H,11-16H2,1-2H3,(H3,26,27,28,29,30);1H. The number of nitrogens with two attached hydrogens (primary N) is 1. The van der Waals surface area contributed by atoms with Crippen molar-refractivity contribution in [2.45, 2.75) is 12.8 Å². The van der Waals surface area contributed by atoms with Crippen LogP contribution in [0, 0.1) is 0 Å². The number of morpholine rings is 1. The molecule has 1 atom stereocenters. The minimum atomic E-state index is -0.117. The topological polar surface area (TPSA) is 111 Å². The first-order valence-corrected chi connectivity index (χ1v) is 11.5. The van der Waals surface area contributed by atoms with Crippen molar-refractivity contribution < 1.29 is 9.53 Å². The van der Waals surface area contributed by atoms with Crippen LogP contribution in [0.2, 0.25) is 0 Å². The minimum absolute atomic E-state index is 0. The van der Waals surface area contributed by atoms with E-state index < -0.39 is 0 Å². The molecule has 1 aliphatic heterocycles. The normalized spacial score (nSPS) is 15.3. The van der Waals surface area contributed by atoms with E-state index in [1.54, 1.807) is 11.7 Å². The Hall–Kier alpha value is -3.27. The van der Waals surface area contributed by atoms with Crippen LogP contribution in [0.1, 0.15) is 40.2 Å². The number of nitrogens with zero attached hydrogens (tertiary/aromatic N) is 5. The van der Waals surface area contributed by atoms with Gasteiger partial charge in [0.2, 0.25) is 0 Å². The summed E-state index contributed by atoms with van der Waals surface area (Å²) in [5.74, 6) is 1.22. The van der Waals surface area contributed by atoms with Gasteiger partial charge < -0.3 is 15.8 Å². The van der Waals surface area contributed by atoms with Crippen LogP contribution in [0.3, 0.4) is 0 Å². The first kappa shape index (κ1) is 26.3. The highest BCUT2D eigenvalue weighted by Gasteiger charge is 2.18. The minimum Gasteiger partial charge on any atom is -0.379 e. The largest absolute Gasteiger partial charge is 0.379 e. The van der Waals surface area contributed by atoms with E-state index in [9.17, 15) is 4.79 Å². The predicted molar refractivity (Wildman–Crippen MR) is 139 cm³/mol. The van der Waals surface area contributed by atoms with Gasteiger partial charge in [-0.3, -0.25) is 9.69 Å². The number of aromatic nitrogens is 3. The Labute approximate surface area is 211 Å². The Bertz CT molecular complexity index is 1140. The van der Waals surface area contributed by atoms with Crippen LogP contribution in [-0.2, 0) is 11.8 Å². The lowest BCUT2D eigenvalue weighted by molar-refractivity contribution is 0.0389. The third-order valence-corrected chi connectivity index (χ3v) is 5.89. The number of hydrogen-bond acceptors (Lipinski definition) is 6. The van der Waals surface area contributed by atoms with Crippen molar-refractivity contribution in [2.24, 2.45) is 17.8 Å². The number of guanidine groups is 1. The fraction of sp³-hybridized carbons (Fsp3) is 0.360. The van der Waals surface area contributed by atoms with Crippen LogP contribution in [0.25, 0.3) is 0 Å². The van der Waals surface area contributed by atoms with Gasteiger partial charge >= 0.3 is 0 Å². The van der Waals surface area contributed by atoms with Crippen LogP contribution in [0.15, 0.2) is 59.6 Å². The summed E-state index contributed by atoms with van der Waals surface area (Å²) in [7, 11) is 1.79. The molecule has 0 radical (unpaired) electrons. The number of nitrogens with one attached hydrogen (secondary N) is 1. The molecule has 186 valence electrons. The number of ether oxygens (including phenoxy) is 1. The van der Waals surface area contributed by atoms with E-state index in [1.807, 2.05) is 61.5 Å². The molecule has 3 N–H and O–H groups in total. The second kappa shape index (κ2) is 12.4. The molecule has 1 unspecified atom stereocenters. The van der Waals surface area contributed by atoms with E-state index in [1.165, 1.54) is 0 Å². The number of aryl methyl sites for hydroxylation is 1. The Morgan fingerprint density at radius 2 is 1.86 bits per heavy atom. The first-order chi connectivity index (χ1) is 16.5. The highest BCUT2D eigenvalue weighted by Crippen LogP contribution is 2.25. The molecule has 4 rings (SSSR count). The number of hydrogen-bond donors (Lipinski definition) is 2. The van der Waals surface area contributed by atoms with Gasteiger partial charge in [-0.1, -0.05) is 55.5 Å². The summed E-state index contributed by atoms with van der Waals surface area (Å²) < 4.78 is 6.98. The van der Waals surface area contributed by atoms with E-state index in [4.69, 9.17) is 10.5 Å². The molecule has 2 heterocycles. The van der Waals surface area contributed by atoms with E-state index in [0.29, 0.717) is 35.4 Å². The molecule has 0 aliphatic carbocycles. The van der Waals surface area contributed by atoms with Crippen molar-refractivity contribution in [1.82, 2.24) is 25.0 Å². The van der Waals surface area contributed by atoms with Crippen molar-refractivity contribution in [1.29, 1.82) is 0 Å². The van der Waals surface area contributed by atoms with Gasteiger partial charge in [0.1, 0.15) is 0 Å². The van der Waals surface area contributed by atoms with Gasteiger partial charge in [-0.25, -0.2) is 4.68 Å². The maximum absolute atomic E-state index is 12.8. The molecule has 0 spiro atoms. The van der Waals surface area contributed by atoms with Gasteiger partial charge in [-0.15, -0.1) is 12.4 Å². The summed E-state index contributed by atoms with van der Waals surface area (Å²) in [6, 6.07) is 16.9. The predicted octanol–water partition coefficient (Wildman–Crippen LogP) is 2.49. The quantitative estimate of drug-likeness (QED) is 0.279. The third kappa shape index (κ3) is 6.88. The molecular formula is C25H32ClN7O2. The summed E-state index contributed by atoms with van der Waals surface area (Å²) in [6.07, 6.45) is 0. The molecule has 1 aromatic heterocycles. The van der Waals surface area contributed by atoms with Crippen molar-refractivity contribution in [2.75, 3.05) is 39.4 Å². The molecule has 0 bridgehead atoms. The third-order valence-electron chi connectivity index (χ3n) is 5.89. The lowest BCUT2D eigenvalue weighted by atomic mass is 9.95. The summed E-state index contributed by atoms with van der Waals surface area (Å²) in [6.45, 7) is 6.98. The van der Waals surface area contributed by atoms with Gasteiger partial charge in [-0.05, 0) is 11.6 Å². The molecule has 0 amide bonds. The molecule has 10 heteroatoms. The Morgan fingerprint density at radius 3 is 2.60 bits per heavy atom. The fourth-order valence-corrected chi connectivity index (χ4v) is 3.85. The highest BCUT2D eigenvalue weighted by atomic mass is 35.5. The van der Waals surface area contributed by atoms with Crippen LogP contribution in [0.5, 0.6) is 0 Å². The maximum atomic E-state index is 12.8. The Morgan fingerprint density at radius 1 is 1.14 bits per heavy atom. The lowest BCUT2D eigenvalue weighted by Crippen LogP contribution is -2.42. The first-order valence-electron chi connectivity index (χ1n) is 11.5. The molecule has 9 nitrogen and oxygen atoms in total. The SMILES string of the molecule is CC(c1cccc(C(=O)c2ccccc2)c1)c1nc(/N=C(/N)NCCN2CCOCC2)n(C)n1.Cl. The van der Waals surface area contributed by atoms with Crippen molar-refractivity contribution in [3.63, 3.8) is 0 Å². The zero-order valence-electron chi connectivity index (χ0n) is 20.1. The molecule has 1 fully saturated rings. The maximum Gasteiger partial charge on any atom is 0.251 e. The number of aliphatic imine (C=N–C) groups is 1. The number of carbonyl (C=O) groups is 1. The fourth-order valence-electron chi connectivity index (χ4n) is 3.85. The molecule has 2 aromatic carbocycles. The van der Waals surface area contributed by atoms with Gasteiger partial charge in [0.15, 0.2) is 17.6 Å². The summed E-state index contributed by atoms with van der Waals surface area (Å²) in [5, 5.41) is 7.67. The number of ketones is 1. The van der Waals surface area contributed by atoms with Gasteiger partial charge in [-0.2, -0.15) is 15.1 Å². The average molecular weight is 498 g/mol. The second-order valence-electron chi connectivity index (χ2n) is 8.31. The van der Waals surface area contributed by atoms with Crippen molar-refractivity contribution in [3.05, 3.63) is 77.1 Å². The lowest BCUT2D eigenvalue weighted by Gasteiger charge is -2.26. The van der Waals surface area contributed by atoms with Crippen LogP contribution >= 0.6 is 12.4 Å². The molecule has 35 heavy (non-hydrogen) atoms. The number of rotatable bonds is 8. The van der Waals surface area contributed by atoms with Gasteiger partial charge in [0.05, 0.1) is 13.2 Å². The molecular weight excluding hydrogens is 466 g/mol. The Balaban J connectivity index is 0.00000342. The highest BCUT2D eigenvalue weighted by molar-refractivity contribution is 6.09. The van der Waals surface area contributed by atoms with Crippen LogP contribution in [-0.4, -0.2) is 70.8 Å². The number of benzene rings is 2. The molecule has 1 aliphatic rings. The smallest absolute Gasteiger partial charge is 0.251 e. The van der Waals surface area contributed by atoms with E-state index >= 15 is 0 Å². The van der Waals surface area contributed by atoms with Crippen molar-refractivity contribution in [3.8, 4) is 0 Å². The summed E-state index contributed by atoms with van der Waals surface area (Å²) >= 11 is 0. The monoisotopic (exact) mass is 497 g/mol. The average Bonchev–Trinajstić information content (AvgIpc) is 3.24. The molecule has 0 saturated carbocycles. The van der Waals surface area contributed by atoms with E-state index in [-0.39, 0.29) is 24.1 Å². The zero-order chi connectivity index (χ0) is 23.9.